The molecule has 1 unspecified atom stereocenters. The minimum atomic E-state index is -0.745. The summed E-state index contributed by atoms with van der Waals surface area (Å²) in [5.41, 5.74) is 1.21. The Morgan fingerprint density at radius 3 is 2.59 bits per heavy atom. The first kappa shape index (κ1) is 21.4. The maximum atomic E-state index is 13.3. The van der Waals surface area contributed by atoms with Crippen molar-refractivity contribution in [2.75, 3.05) is 11.5 Å². The quantitative estimate of drug-likeness (QED) is 0.331. The van der Waals surface area contributed by atoms with Crippen molar-refractivity contribution in [1.29, 1.82) is 5.26 Å². The van der Waals surface area contributed by atoms with E-state index in [1.165, 1.54) is 16.7 Å². The van der Waals surface area contributed by atoms with Crippen LogP contribution in [0, 0.1) is 11.3 Å². The van der Waals surface area contributed by atoms with Gasteiger partial charge < -0.3 is 4.74 Å². The molecule has 0 aliphatic carbocycles. The number of nitrogens with zero attached hydrogens (tertiary/aromatic N) is 2. The summed E-state index contributed by atoms with van der Waals surface area (Å²) in [6.07, 6.45) is 0.376. The molecule has 1 aliphatic rings. The molecule has 1 heterocycles. The van der Waals surface area contributed by atoms with Gasteiger partial charge in [-0.3, -0.25) is 9.69 Å². The van der Waals surface area contributed by atoms with Gasteiger partial charge in [-0.05, 0) is 49.2 Å². The topological polar surface area (TPSA) is 70.4 Å². The summed E-state index contributed by atoms with van der Waals surface area (Å²) < 4.78 is 5.87. The summed E-state index contributed by atoms with van der Waals surface area (Å²) >= 11 is 10.8. The Labute approximate surface area is 186 Å². The number of halogens is 2. The lowest BCUT2D eigenvalue weighted by molar-refractivity contribution is -0.138. The van der Waals surface area contributed by atoms with Crippen LogP contribution in [0.2, 0.25) is 5.02 Å². The first-order chi connectivity index (χ1) is 14.0. The fraction of sp³-hybridized carbons (Fsp3) is 0.190. The van der Waals surface area contributed by atoms with Crippen molar-refractivity contribution in [3.05, 3.63) is 74.2 Å². The van der Waals surface area contributed by atoms with Crippen LogP contribution in [0.4, 0.5) is 5.69 Å². The van der Waals surface area contributed by atoms with Crippen molar-refractivity contribution in [1.82, 2.24) is 0 Å². The van der Waals surface area contributed by atoms with E-state index in [0.29, 0.717) is 17.1 Å². The van der Waals surface area contributed by atoms with Gasteiger partial charge in [0.25, 0.3) is 0 Å². The van der Waals surface area contributed by atoms with Crippen molar-refractivity contribution in [2.24, 2.45) is 0 Å². The first-order valence-corrected chi connectivity index (χ1v) is 10.8. The van der Waals surface area contributed by atoms with E-state index in [4.69, 9.17) is 16.3 Å². The van der Waals surface area contributed by atoms with Crippen LogP contribution in [-0.4, -0.2) is 23.7 Å². The molecular formula is C21H16BrClN2O3S. The van der Waals surface area contributed by atoms with Crippen molar-refractivity contribution >= 4 is 56.9 Å². The van der Waals surface area contributed by atoms with Crippen LogP contribution >= 0.6 is 39.3 Å². The third kappa shape index (κ3) is 4.67. The molecule has 1 saturated heterocycles. The van der Waals surface area contributed by atoms with Gasteiger partial charge in [-0.1, -0.05) is 57.5 Å². The largest absolute Gasteiger partial charge is 0.462 e. The van der Waals surface area contributed by atoms with E-state index < -0.39 is 11.2 Å². The average Bonchev–Trinajstić information content (AvgIpc) is 3.01. The number of carbonyl (C=O) groups excluding carboxylic acids is 2. The molecule has 0 saturated carbocycles. The van der Waals surface area contributed by atoms with Crippen LogP contribution in [0.5, 0.6) is 0 Å². The highest BCUT2D eigenvalue weighted by atomic mass is 79.9. The number of ether oxygens (including phenoxy) is 1. The number of amides is 1. The Morgan fingerprint density at radius 1 is 1.28 bits per heavy atom. The van der Waals surface area contributed by atoms with Gasteiger partial charge in [0.05, 0.1) is 11.9 Å². The number of hydrogen-bond donors (Lipinski definition) is 0. The van der Waals surface area contributed by atoms with Gasteiger partial charge in [0.15, 0.2) is 5.57 Å². The molecular weight excluding hydrogens is 476 g/mol. The smallest absolute Gasteiger partial charge is 0.351 e. The molecule has 1 amide bonds. The van der Waals surface area contributed by atoms with Gasteiger partial charge in [-0.2, -0.15) is 5.26 Å². The Hall–Kier alpha value is -2.27. The Bertz CT molecular complexity index is 1020. The zero-order valence-electron chi connectivity index (χ0n) is 15.4. The number of thioether (sulfide) groups is 1. The van der Waals surface area contributed by atoms with Crippen molar-refractivity contribution in [3.8, 4) is 6.07 Å². The highest BCUT2D eigenvalue weighted by Gasteiger charge is 2.41. The molecule has 5 nitrogen and oxygen atoms in total. The average molecular weight is 492 g/mol. The van der Waals surface area contributed by atoms with Gasteiger partial charge in [0.1, 0.15) is 11.1 Å². The minimum absolute atomic E-state index is 0.136. The predicted molar refractivity (Wildman–Crippen MR) is 117 cm³/mol. The van der Waals surface area contributed by atoms with Gasteiger partial charge in [0.2, 0.25) is 5.91 Å². The first-order valence-electron chi connectivity index (χ1n) is 8.77. The normalized spacial score (nSPS) is 17.8. The Kier molecular flexibility index (Phi) is 7.01. The lowest BCUT2D eigenvalue weighted by Gasteiger charge is -2.18. The van der Waals surface area contributed by atoms with Crippen molar-refractivity contribution < 1.29 is 14.3 Å². The summed E-state index contributed by atoms with van der Waals surface area (Å²) in [5.74, 6) is -0.963. The molecule has 0 radical (unpaired) electrons. The van der Waals surface area contributed by atoms with E-state index in [0.717, 1.165) is 10.0 Å². The molecule has 0 N–H and O–H groups in total. The molecule has 0 bridgehead atoms. The molecule has 1 fully saturated rings. The SMILES string of the molecule is CCOC(=O)C(C#N)=C1SC(Cc2ccccc2Cl)C(=O)N1c1ccc(Br)cc1. The molecule has 2 aromatic rings. The van der Waals surface area contributed by atoms with Gasteiger partial charge in [-0.25, -0.2) is 4.79 Å². The summed E-state index contributed by atoms with van der Waals surface area (Å²) in [6, 6.07) is 16.3. The zero-order valence-corrected chi connectivity index (χ0v) is 18.6. The molecule has 3 rings (SSSR count). The summed E-state index contributed by atoms with van der Waals surface area (Å²) in [4.78, 5) is 27.0. The molecule has 0 spiro atoms. The lowest BCUT2D eigenvalue weighted by atomic mass is 10.1. The van der Waals surface area contributed by atoms with Crippen molar-refractivity contribution in [3.63, 3.8) is 0 Å². The molecule has 8 heteroatoms. The van der Waals surface area contributed by atoms with Gasteiger partial charge in [0, 0.05) is 15.2 Å². The minimum Gasteiger partial charge on any atom is -0.462 e. The Balaban J connectivity index is 2.05. The maximum absolute atomic E-state index is 13.3. The molecule has 29 heavy (non-hydrogen) atoms. The summed E-state index contributed by atoms with van der Waals surface area (Å²) in [5, 5.41) is 9.93. The number of benzene rings is 2. The van der Waals surface area contributed by atoms with Gasteiger partial charge >= 0.3 is 5.97 Å². The third-order valence-electron chi connectivity index (χ3n) is 4.21. The predicted octanol–water partition coefficient (Wildman–Crippen LogP) is 5.09. The second-order valence-electron chi connectivity index (χ2n) is 6.06. The number of hydrogen-bond acceptors (Lipinski definition) is 5. The van der Waals surface area contributed by atoms with E-state index in [2.05, 4.69) is 15.9 Å². The summed E-state index contributed by atoms with van der Waals surface area (Å²) in [6.45, 7) is 1.80. The number of esters is 1. The van der Waals surface area contributed by atoms with Crippen LogP contribution in [0.1, 0.15) is 12.5 Å². The van der Waals surface area contributed by atoms with E-state index in [-0.39, 0.29) is 23.1 Å². The molecule has 2 aromatic carbocycles. The highest BCUT2D eigenvalue weighted by Crippen LogP contribution is 2.42. The van der Waals surface area contributed by atoms with E-state index in [1.807, 2.05) is 24.3 Å². The second kappa shape index (κ2) is 9.49. The highest BCUT2D eigenvalue weighted by molar-refractivity contribution is 9.10. The number of nitriles is 1. The number of anilines is 1. The third-order valence-corrected chi connectivity index (χ3v) is 6.37. The molecule has 1 atom stereocenters. The zero-order chi connectivity index (χ0) is 21.0. The lowest BCUT2D eigenvalue weighted by Crippen LogP contribution is -2.30. The van der Waals surface area contributed by atoms with Crippen LogP contribution in [-0.2, 0) is 20.7 Å². The molecule has 0 aromatic heterocycles. The fourth-order valence-corrected chi connectivity index (χ4v) is 4.63. The van der Waals surface area contributed by atoms with E-state index in [1.54, 1.807) is 37.3 Å². The van der Waals surface area contributed by atoms with Gasteiger partial charge in [-0.15, -0.1) is 0 Å². The fourth-order valence-electron chi connectivity index (χ4n) is 2.86. The summed E-state index contributed by atoms with van der Waals surface area (Å²) in [7, 11) is 0. The number of rotatable bonds is 5. The van der Waals surface area contributed by atoms with Crippen LogP contribution in [0.15, 0.2) is 63.6 Å². The van der Waals surface area contributed by atoms with Crippen LogP contribution in [0.3, 0.4) is 0 Å². The molecule has 148 valence electrons. The van der Waals surface area contributed by atoms with Crippen LogP contribution in [0.25, 0.3) is 0 Å². The Morgan fingerprint density at radius 2 is 1.97 bits per heavy atom. The monoisotopic (exact) mass is 490 g/mol. The maximum Gasteiger partial charge on any atom is 0.351 e. The standard InChI is InChI=1S/C21H16BrClN2O3S/c1-2-28-21(27)16(12-24)20-25(15-9-7-14(22)8-10-15)19(26)18(29-20)11-13-5-3-4-6-17(13)23/h3-10,18H,2,11H2,1H3. The van der Waals surface area contributed by atoms with E-state index >= 15 is 0 Å². The van der Waals surface area contributed by atoms with Crippen molar-refractivity contribution in [2.45, 2.75) is 18.6 Å². The van der Waals surface area contributed by atoms with E-state index in [9.17, 15) is 14.9 Å². The second-order valence-corrected chi connectivity index (χ2v) is 8.58. The van der Waals surface area contributed by atoms with Crippen LogP contribution < -0.4 is 4.90 Å². The number of carbonyl (C=O) groups is 2. The molecule has 1 aliphatic heterocycles.